The number of carbonyl (C=O) groups excluding carboxylic acids is 1. The number of aliphatic hydroxyl groups excluding tert-OH is 2. The third kappa shape index (κ3) is 6.00. The second kappa shape index (κ2) is 9.36. The van der Waals surface area contributed by atoms with Gasteiger partial charge >= 0.3 is 6.03 Å². The molecular weight excluding hydrogens is 393 g/mol. The van der Waals surface area contributed by atoms with Crippen molar-refractivity contribution >= 4 is 39.0 Å². The van der Waals surface area contributed by atoms with E-state index in [9.17, 15) is 9.18 Å². The minimum absolute atomic E-state index is 0.0109. The van der Waals surface area contributed by atoms with Crippen molar-refractivity contribution in [3.63, 3.8) is 0 Å². The summed E-state index contributed by atoms with van der Waals surface area (Å²) in [6, 6.07) is 8.71. The number of carbonyl (C=O) groups is 1. The summed E-state index contributed by atoms with van der Waals surface area (Å²) in [6.07, 6.45) is 0.308. The molecule has 0 radical (unpaired) electrons. The van der Waals surface area contributed by atoms with E-state index < -0.39 is 11.8 Å². The first-order valence-corrected chi connectivity index (χ1v) is 8.43. The number of halogens is 2. The van der Waals surface area contributed by atoms with Crippen LogP contribution in [-0.4, -0.2) is 36.0 Å². The number of nitrogens with one attached hydrogen (secondary N) is 3. The molecule has 0 atom stereocenters. The van der Waals surface area contributed by atoms with Gasteiger partial charge in [-0.2, -0.15) is 0 Å². The zero-order valence-corrected chi connectivity index (χ0v) is 14.9. The summed E-state index contributed by atoms with van der Waals surface area (Å²) in [7, 11) is 0. The summed E-state index contributed by atoms with van der Waals surface area (Å²) in [6.45, 7) is 0.270. The lowest BCUT2D eigenvalue weighted by Gasteiger charge is -2.13. The van der Waals surface area contributed by atoms with Gasteiger partial charge in [0.15, 0.2) is 0 Å². The molecule has 0 aliphatic rings. The predicted molar refractivity (Wildman–Crippen MR) is 99.5 cm³/mol. The van der Waals surface area contributed by atoms with Crippen molar-refractivity contribution < 1.29 is 19.4 Å². The highest BCUT2D eigenvalue weighted by molar-refractivity contribution is 9.10. The summed E-state index contributed by atoms with van der Waals surface area (Å²) in [4.78, 5) is 12.2. The number of hydrogen-bond acceptors (Lipinski definition) is 4. The first-order chi connectivity index (χ1) is 12.0. The van der Waals surface area contributed by atoms with E-state index in [2.05, 4.69) is 31.9 Å². The van der Waals surface area contributed by atoms with Gasteiger partial charge in [-0.05, 0) is 42.3 Å². The molecule has 0 heterocycles. The molecule has 5 N–H and O–H groups in total. The maximum atomic E-state index is 13.4. The zero-order chi connectivity index (χ0) is 18.2. The normalized spacial score (nSPS) is 10.4. The second-order valence-electron chi connectivity index (χ2n) is 5.23. The van der Waals surface area contributed by atoms with Gasteiger partial charge in [0.1, 0.15) is 5.82 Å². The minimum atomic E-state index is -0.531. The summed E-state index contributed by atoms with van der Waals surface area (Å²) in [5, 5.41) is 26.2. The lowest BCUT2D eigenvalue weighted by atomic mass is 10.1. The molecule has 6 nitrogen and oxygen atoms in total. The third-order valence-electron chi connectivity index (χ3n) is 3.30. The number of rotatable bonds is 7. The van der Waals surface area contributed by atoms with E-state index in [-0.39, 0.29) is 13.2 Å². The molecule has 8 heteroatoms. The SMILES string of the molecule is O=C(Nc1cc(Br)cc(NCCO)c1)Nc1cc(F)ccc1CCO. The fourth-order valence-corrected chi connectivity index (χ4v) is 2.75. The highest BCUT2D eigenvalue weighted by atomic mass is 79.9. The van der Waals surface area contributed by atoms with Gasteiger partial charge in [0.05, 0.1) is 6.61 Å². The average Bonchev–Trinajstić information content (AvgIpc) is 2.55. The fraction of sp³-hybridized carbons (Fsp3) is 0.235. The molecule has 2 aromatic carbocycles. The van der Waals surface area contributed by atoms with Gasteiger partial charge in [-0.25, -0.2) is 9.18 Å². The smallest absolute Gasteiger partial charge is 0.323 e. The van der Waals surface area contributed by atoms with E-state index in [1.165, 1.54) is 18.2 Å². The van der Waals surface area contributed by atoms with E-state index in [1.807, 2.05) is 6.07 Å². The largest absolute Gasteiger partial charge is 0.396 e. The molecule has 0 saturated carbocycles. The molecule has 0 aromatic heterocycles. The maximum absolute atomic E-state index is 13.4. The monoisotopic (exact) mass is 411 g/mol. The fourth-order valence-electron chi connectivity index (χ4n) is 2.25. The Morgan fingerprint density at radius 2 is 1.80 bits per heavy atom. The number of amides is 2. The van der Waals surface area contributed by atoms with Crippen molar-refractivity contribution in [1.29, 1.82) is 0 Å². The van der Waals surface area contributed by atoms with Gasteiger partial charge in [0, 0.05) is 34.7 Å². The van der Waals surface area contributed by atoms with Crippen LogP contribution in [0.4, 0.5) is 26.2 Å². The number of aliphatic hydroxyl groups is 2. The van der Waals surface area contributed by atoms with Crippen LogP contribution < -0.4 is 16.0 Å². The molecule has 0 unspecified atom stereocenters. The summed E-state index contributed by atoms with van der Waals surface area (Å²) in [5.41, 5.74) is 2.19. The molecule has 2 aromatic rings. The van der Waals surface area contributed by atoms with Crippen molar-refractivity contribution in [2.45, 2.75) is 6.42 Å². The van der Waals surface area contributed by atoms with Crippen molar-refractivity contribution in [2.75, 3.05) is 35.7 Å². The molecule has 0 aliphatic carbocycles. The van der Waals surface area contributed by atoms with Crippen LogP contribution in [0.1, 0.15) is 5.56 Å². The van der Waals surface area contributed by atoms with Crippen molar-refractivity contribution in [2.24, 2.45) is 0 Å². The molecule has 25 heavy (non-hydrogen) atoms. The van der Waals surface area contributed by atoms with Gasteiger partial charge in [0.2, 0.25) is 0 Å². The van der Waals surface area contributed by atoms with E-state index in [4.69, 9.17) is 10.2 Å². The summed E-state index contributed by atoms with van der Waals surface area (Å²) in [5.74, 6) is -0.477. The Kier molecular flexibility index (Phi) is 7.17. The van der Waals surface area contributed by atoms with Gasteiger partial charge in [0.25, 0.3) is 0 Å². The third-order valence-corrected chi connectivity index (χ3v) is 3.76. The molecule has 2 rings (SSSR count). The molecule has 2 amide bonds. The minimum Gasteiger partial charge on any atom is -0.396 e. The first-order valence-electron chi connectivity index (χ1n) is 7.64. The summed E-state index contributed by atoms with van der Waals surface area (Å²) < 4.78 is 14.2. The van der Waals surface area contributed by atoms with Crippen LogP contribution in [0.15, 0.2) is 40.9 Å². The van der Waals surface area contributed by atoms with E-state index in [0.29, 0.717) is 29.9 Å². The number of benzene rings is 2. The molecular formula is C17H19BrFN3O3. The quantitative estimate of drug-likeness (QED) is 0.483. The van der Waals surface area contributed by atoms with Crippen LogP contribution >= 0.6 is 15.9 Å². The van der Waals surface area contributed by atoms with Crippen molar-refractivity contribution in [3.8, 4) is 0 Å². The van der Waals surface area contributed by atoms with E-state index >= 15 is 0 Å². The lowest BCUT2D eigenvalue weighted by molar-refractivity contribution is 0.262. The van der Waals surface area contributed by atoms with E-state index in [1.54, 1.807) is 12.1 Å². The Bertz CT molecular complexity index is 743. The van der Waals surface area contributed by atoms with Gasteiger partial charge in [-0.15, -0.1) is 0 Å². The van der Waals surface area contributed by atoms with Crippen molar-refractivity contribution in [1.82, 2.24) is 0 Å². The molecule has 0 fully saturated rings. The molecule has 0 aliphatic heterocycles. The standard InChI is InChI=1S/C17H19BrFN3O3/c18-12-7-14(20-4-6-24)10-15(8-12)21-17(25)22-16-9-13(19)2-1-11(16)3-5-23/h1-2,7-10,20,23-24H,3-6H2,(H2,21,22,25). The van der Waals surface area contributed by atoms with Crippen molar-refractivity contribution in [3.05, 3.63) is 52.3 Å². The number of anilines is 3. The number of hydrogen-bond donors (Lipinski definition) is 5. The van der Waals surface area contributed by atoms with Gasteiger partial charge in [-0.3, -0.25) is 0 Å². The molecule has 134 valence electrons. The Morgan fingerprint density at radius 1 is 1.04 bits per heavy atom. The average molecular weight is 412 g/mol. The molecule has 0 spiro atoms. The summed E-state index contributed by atoms with van der Waals surface area (Å²) >= 11 is 3.35. The molecule has 0 saturated heterocycles. The van der Waals surface area contributed by atoms with Crippen LogP contribution in [0.3, 0.4) is 0 Å². The second-order valence-corrected chi connectivity index (χ2v) is 6.15. The Labute approximate surface area is 153 Å². The molecule has 0 bridgehead atoms. The lowest BCUT2D eigenvalue weighted by Crippen LogP contribution is -2.20. The Hall–Kier alpha value is -2.16. The highest BCUT2D eigenvalue weighted by Crippen LogP contribution is 2.24. The predicted octanol–water partition coefficient (Wildman–Crippen LogP) is 3.17. The van der Waals surface area contributed by atoms with Crippen LogP contribution in [0.5, 0.6) is 0 Å². The van der Waals surface area contributed by atoms with Crippen LogP contribution in [0.2, 0.25) is 0 Å². The zero-order valence-electron chi connectivity index (χ0n) is 13.4. The van der Waals surface area contributed by atoms with Crippen LogP contribution in [0.25, 0.3) is 0 Å². The number of urea groups is 1. The Balaban J connectivity index is 2.10. The van der Waals surface area contributed by atoms with Crippen LogP contribution in [0, 0.1) is 5.82 Å². The van der Waals surface area contributed by atoms with Gasteiger partial charge < -0.3 is 26.2 Å². The van der Waals surface area contributed by atoms with E-state index in [0.717, 1.165) is 10.2 Å². The van der Waals surface area contributed by atoms with Crippen LogP contribution in [-0.2, 0) is 6.42 Å². The Morgan fingerprint density at radius 3 is 2.52 bits per heavy atom. The maximum Gasteiger partial charge on any atom is 0.323 e. The van der Waals surface area contributed by atoms with Gasteiger partial charge in [-0.1, -0.05) is 22.0 Å². The topological polar surface area (TPSA) is 93.6 Å². The highest BCUT2D eigenvalue weighted by Gasteiger charge is 2.09. The first kappa shape index (κ1) is 19.2.